The third-order valence-electron chi connectivity index (χ3n) is 1.21. The van der Waals surface area contributed by atoms with Crippen LogP contribution in [0.5, 0.6) is 0 Å². The van der Waals surface area contributed by atoms with E-state index < -0.39 is 0 Å². The fraction of sp³-hybridized carbons (Fsp3) is 0.200. The summed E-state index contributed by atoms with van der Waals surface area (Å²) in [6.45, 7) is 0. The first-order valence-corrected chi connectivity index (χ1v) is 4.73. The highest BCUT2D eigenvalue weighted by Crippen LogP contribution is 2.18. The minimum atomic E-state index is -0.113. The van der Waals surface area contributed by atoms with E-state index in [1.807, 2.05) is 23.4 Å². The molecule has 0 saturated heterocycles. The first-order chi connectivity index (χ1) is 4.47. The van der Waals surface area contributed by atoms with Crippen molar-refractivity contribution in [3.63, 3.8) is 0 Å². The summed E-state index contributed by atoms with van der Waals surface area (Å²) >= 11 is -0.113. The maximum absolute atomic E-state index is 4.34. The molecule has 0 fully saturated rings. The first kappa shape index (κ1) is 5.55. The van der Waals surface area contributed by atoms with Crippen molar-refractivity contribution in [1.29, 1.82) is 0 Å². The van der Waals surface area contributed by atoms with Gasteiger partial charge < -0.3 is 0 Å². The van der Waals surface area contributed by atoms with Crippen LogP contribution in [0.4, 0.5) is 0 Å². The molecule has 0 amide bonds. The van der Waals surface area contributed by atoms with Gasteiger partial charge in [0.2, 0.25) is 0 Å². The van der Waals surface area contributed by atoms with Crippen molar-refractivity contribution >= 4 is 21.3 Å². The van der Waals surface area contributed by atoms with Gasteiger partial charge in [-0.1, -0.05) is 6.08 Å². The van der Waals surface area contributed by atoms with Gasteiger partial charge in [-0.3, -0.25) is 5.01 Å². The van der Waals surface area contributed by atoms with Crippen molar-refractivity contribution < 1.29 is 0 Å². The Labute approximate surface area is 63.9 Å². The topological polar surface area (TPSA) is 27.6 Å². The van der Waals surface area contributed by atoms with Gasteiger partial charge in [-0.05, 0) is 12.2 Å². The molecule has 0 aromatic heterocycles. The van der Waals surface area contributed by atoms with Gasteiger partial charge in [0.15, 0.2) is 6.17 Å². The van der Waals surface area contributed by atoms with Crippen molar-refractivity contribution in [1.82, 2.24) is 8.65 Å². The second kappa shape index (κ2) is 2.18. The fourth-order valence-electron chi connectivity index (χ4n) is 0.760. The van der Waals surface area contributed by atoms with Gasteiger partial charge in [-0.2, -0.15) is 3.64 Å². The fourth-order valence-corrected chi connectivity index (χ4v) is 2.32. The van der Waals surface area contributed by atoms with Crippen molar-refractivity contribution in [3.8, 4) is 0 Å². The molecule has 2 aliphatic rings. The van der Waals surface area contributed by atoms with Gasteiger partial charge in [-0.15, -0.1) is 0 Å². The van der Waals surface area contributed by atoms with Crippen LogP contribution in [0.15, 0.2) is 27.6 Å². The minimum Gasteiger partial charge on any atom is -0.278 e. The second-order valence-electron chi connectivity index (χ2n) is 1.81. The molecule has 0 spiro atoms. The summed E-state index contributed by atoms with van der Waals surface area (Å²) in [6, 6.07) is 0. The summed E-state index contributed by atoms with van der Waals surface area (Å²) in [7, 11) is 0. The van der Waals surface area contributed by atoms with Crippen LogP contribution in [0, 0.1) is 0 Å². The van der Waals surface area contributed by atoms with Crippen LogP contribution in [0.1, 0.15) is 0 Å². The number of fused-ring (bicyclic) bond motifs is 1. The Bertz CT molecular complexity index is 196. The highest BCUT2D eigenvalue weighted by molar-refractivity contribution is 14.1. The third kappa shape index (κ3) is 0.920. The number of nitrogens with one attached hydrogen (secondary N) is 1. The van der Waals surface area contributed by atoms with E-state index in [9.17, 15) is 0 Å². The Kier molecular flexibility index (Phi) is 1.35. The van der Waals surface area contributed by atoms with E-state index in [2.05, 4.69) is 12.9 Å². The lowest BCUT2D eigenvalue weighted by Gasteiger charge is -2.18. The minimum absolute atomic E-state index is 0.113. The van der Waals surface area contributed by atoms with E-state index in [4.69, 9.17) is 0 Å². The van der Waals surface area contributed by atoms with Gasteiger partial charge in [0.25, 0.3) is 0 Å². The molecule has 4 heteroatoms. The summed E-state index contributed by atoms with van der Waals surface area (Å²) in [5, 5.41) is 2.04. The molecule has 2 heterocycles. The van der Waals surface area contributed by atoms with Crippen LogP contribution in [0.2, 0.25) is 0 Å². The number of hydrogen-bond donors (Lipinski definition) is 1. The molecule has 48 valence electrons. The monoisotopic (exact) mass is 235 g/mol. The summed E-state index contributed by atoms with van der Waals surface area (Å²) in [6.07, 6.45) is 8.43. The lowest BCUT2D eigenvalue weighted by atomic mass is 10.3. The molecule has 9 heavy (non-hydrogen) atoms. The van der Waals surface area contributed by atoms with Crippen LogP contribution in [0.25, 0.3) is 0 Å². The molecule has 0 bridgehead atoms. The van der Waals surface area contributed by atoms with Crippen LogP contribution in [-0.4, -0.2) is 11.2 Å². The lowest BCUT2D eigenvalue weighted by molar-refractivity contribution is 0.326. The van der Waals surface area contributed by atoms with Crippen molar-refractivity contribution in [2.75, 3.05) is 0 Å². The molecule has 0 aromatic rings. The summed E-state index contributed by atoms with van der Waals surface area (Å²) in [4.78, 5) is 0. The molecule has 1 atom stereocenters. The lowest BCUT2D eigenvalue weighted by Crippen LogP contribution is -2.30. The zero-order chi connectivity index (χ0) is 6.10. The zero-order valence-electron chi connectivity index (χ0n) is 4.66. The third-order valence-corrected chi connectivity index (χ3v) is 2.83. The van der Waals surface area contributed by atoms with Gasteiger partial charge in [0.05, 0.1) is 0 Å². The normalized spacial score (nSPS) is 30.2. The summed E-state index contributed by atoms with van der Waals surface area (Å²) in [5.41, 5.74) is 0. The van der Waals surface area contributed by atoms with Gasteiger partial charge >= 0.3 is 0 Å². The van der Waals surface area contributed by atoms with E-state index in [1.165, 1.54) is 0 Å². The van der Waals surface area contributed by atoms with Crippen LogP contribution < -0.4 is 3.64 Å². The number of rotatable bonds is 0. The first-order valence-electron chi connectivity index (χ1n) is 2.69. The van der Waals surface area contributed by atoms with Gasteiger partial charge in [0, 0.05) is 6.20 Å². The Balaban J connectivity index is 2.25. The average molecular weight is 235 g/mol. The maximum Gasteiger partial charge on any atom is 0.161 e. The highest BCUT2D eigenvalue weighted by Gasteiger charge is 2.15. The van der Waals surface area contributed by atoms with Crippen LogP contribution in [0.3, 0.4) is 0 Å². The van der Waals surface area contributed by atoms with Crippen molar-refractivity contribution in [2.45, 2.75) is 6.17 Å². The van der Waals surface area contributed by atoms with E-state index in [1.54, 1.807) is 0 Å². The standard InChI is InChI=1S/C5H6IN3/c1-2-4-9-5(3-1)7-6-8-9/h1-5H,(H,7,8). The van der Waals surface area contributed by atoms with Gasteiger partial charge in [-0.25, -0.2) is 3.15 Å². The maximum atomic E-state index is 4.34. The molecule has 2 aliphatic heterocycles. The van der Waals surface area contributed by atoms with Crippen molar-refractivity contribution in [3.05, 3.63) is 24.4 Å². The number of nitrogens with zero attached hydrogens (tertiary/aromatic N) is 2. The Hall–Kier alpha value is -0.230. The SMILES string of the molecule is C1=CC2N=INN2C=C1. The van der Waals surface area contributed by atoms with Crippen molar-refractivity contribution in [2.24, 2.45) is 3.15 Å². The molecule has 1 N–H and O–H groups in total. The average Bonchev–Trinajstić information content (AvgIpc) is 2.33. The smallest absolute Gasteiger partial charge is 0.161 e. The largest absolute Gasteiger partial charge is 0.278 e. The molecule has 2 rings (SSSR count). The number of hydrazine groups is 1. The quantitative estimate of drug-likeness (QED) is 0.506. The van der Waals surface area contributed by atoms with Gasteiger partial charge in [0.1, 0.15) is 21.3 Å². The highest BCUT2D eigenvalue weighted by atomic mass is 127. The molecular weight excluding hydrogens is 229 g/mol. The van der Waals surface area contributed by atoms with E-state index in [-0.39, 0.29) is 21.3 Å². The number of halogens is 1. The van der Waals surface area contributed by atoms with E-state index in [0.717, 1.165) is 0 Å². The molecule has 1 unspecified atom stereocenters. The van der Waals surface area contributed by atoms with Crippen LogP contribution in [-0.2, 0) is 0 Å². The Morgan fingerprint density at radius 2 is 2.56 bits per heavy atom. The number of allylic oxidation sites excluding steroid dienone is 2. The number of hydrogen-bond acceptors (Lipinski definition) is 3. The Morgan fingerprint density at radius 3 is 3.44 bits per heavy atom. The molecular formula is C5H6IN3. The van der Waals surface area contributed by atoms with E-state index in [0.29, 0.717) is 6.17 Å². The van der Waals surface area contributed by atoms with Crippen LogP contribution >= 0.6 is 21.3 Å². The van der Waals surface area contributed by atoms with E-state index >= 15 is 0 Å². The Morgan fingerprint density at radius 1 is 1.56 bits per heavy atom. The summed E-state index contributed by atoms with van der Waals surface area (Å²) < 4.78 is 7.54. The molecule has 0 aromatic carbocycles. The molecule has 0 aliphatic carbocycles. The predicted molar refractivity (Wildman–Crippen MR) is 43.5 cm³/mol. The summed E-state index contributed by atoms with van der Waals surface area (Å²) in [5.74, 6) is 0. The molecule has 0 radical (unpaired) electrons. The zero-order valence-corrected chi connectivity index (χ0v) is 6.82. The predicted octanol–water partition coefficient (Wildman–Crippen LogP) is 1.29. The molecule has 3 nitrogen and oxygen atoms in total. The second-order valence-corrected chi connectivity index (χ2v) is 3.34. The molecule has 0 saturated carbocycles.